The quantitative estimate of drug-likeness (QED) is 0.552. The SMILES string of the molecule is CC(C)(C)[C@]1(C(=O)N2CCN(c3ccc(Cl)c(Cl)c3)CC2)CN(CCCC(F)(F)F)CCN1C(=O)O. The molecule has 2 aliphatic heterocycles. The summed E-state index contributed by atoms with van der Waals surface area (Å²) in [5.41, 5.74) is -1.35. The van der Waals surface area contributed by atoms with E-state index in [-0.39, 0.29) is 38.5 Å². The molecule has 3 rings (SSSR count). The smallest absolute Gasteiger partial charge is 0.408 e. The first-order valence-corrected chi connectivity index (χ1v) is 12.7. The van der Waals surface area contributed by atoms with Crippen LogP contribution in [0.4, 0.5) is 23.7 Å². The molecule has 7 nitrogen and oxygen atoms in total. The van der Waals surface area contributed by atoms with Crippen LogP contribution in [0.1, 0.15) is 33.6 Å². The first-order valence-electron chi connectivity index (χ1n) is 11.9. The molecule has 0 spiro atoms. The van der Waals surface area contributed by atoms with E-state index >= 15 is 0 Å². The number of carboxylic acid groups (broad SMARTS) is 1. The maximum Gasteiger partial charge on any atom is 0.408 e. The van der Waals surface area contributed by atoms with E-state index in [1.807, 2.05) is 26.8 Å². The van der Waals surface area contributed by atoms with Crippen LogP contribution in [0.5, 0.6) is 0 Å². The third-order valence-corrected chi connectivity index (χ3v) is 7.89. The minimum absolute atomic E-state index is 0.0481. The molecule has 0 aromatic heterocycles. The number of carbonyl (C=O) groups excluding carboxylic acids is 1. The second-order valence-electron chi connectivity index (χ2n) is 10.4. The fourth-order valence-corrected chi connectivity index (χ4v) is 5.42. The Hall–Kier alpha value is -1.91. The van der Waals surface area contributed by atoms with Crippen LogP contribution in [0.25, 0.3) is 0 Å². The Morgan fingerprint density at radius 1 is 1.00 bits per heavy atom. The Kier molecular flexibility index (Phi) is 8.62. The number of hydrogen-bond donors (Lipinski definition) is 1. The van der Waals surface area contributed by atoms with E-state index in [4.69, 9.17) is 23.2 Å². The lowest BCUT2D eigenvalue weighted by molar-refractivity contribution is -0.159. The van der Waals surface area contributed by atoms with Crippen molar-refractivity contribution in [2.75, 3.05) is 57.3 Å². The molecule has 1 aromatic carbocycles. The van der Waals surface area contributed by atoms with Gasteiger partial charge in [0.05, 0.1) is 10.0 Å². The van der Waals surface area contributed by atoms with Crippen molar-refractivity contribution in [3.05, 3.63) is 28.2 Å². The van der Waals surface area contributed by atoms with Gasteiger partial charge in [-0.15, -0.1) is 0 Å². The molecular weight excluding hydrogens is 520 g/mol. The predicted octanol–water partition coefficient (Wildman–Crippen LogP) is 5.07. The molecule has 36 heavy (non-hydrogen) atoms. The minimum atomic E-state index is -4.26. The summed E-state index contributed by atoms with van der Waals surface area (Å²) in [6.07, 6.45) is -6.48. The van der Waals surface area contributed by atoms with Crippen molar-refractivity contribution in [1.29, 1.82) is 0 Å². The zero-order chi connectivity index (χ0) is 26.9. The van der Waals surface area contributed by atoms with Gasteiger partial charge in [-0.2, -0.15) is 13.2 Å². The number of piperazine rings is 2. The average molecular weight is 553 g/mol. The molecule has 0 aliphatic carbocycles. The number of amides is 2. The summed E-state index contributed by atoms with van der Waals surface area (Å²) < 4.78 is 38.1. The molecular formula is C24H33Cl2F3N4O3. The summed E-state index contributed by atoms with van der Waals surface area (Å²) in [5, 5.41) is 10.9. The number of hydrogen-bond acceptors (Lipinski definition) is 4. The highest BCUT2D eigenvalue weighted by Crippen LogP contribution is 2.41. The standard InChI is InChI=1S/C24H33Cl2F3N4O3/c1-22(2,3)23(16-30(8-4-7-24(27,28)29)9-14-33(23)21(35)36)20(34)32-12-10-31(11-13-32)17-5-6-18(25)19(26)15-17/h5-6,15H,4,7-14,16H2,1-3H3,(H,35,36)/t23-/m1/s1. The Labute approximate surface area is 219 Å². The molecule has 202 valence electrons. The topological polar surface area (TPSA) is 67.3 Å². The van der Waals surface area contributed by atoms with E-state index in [0.29, 0.717) is 36.2 Å². The first kappa shape index (κ1) is 28.7. The number of halogens is 5. The van der Waals surface area contributed by atoms with Crippen LogP contribution in [0.2, 0.25) is 10.0 Å². The average Bonchev–Trinajstić information content (AvgIpc) is 2.78. The summed E-state index contributed by atoms with van der Waals surface area (Å²) in [4.78, 5) is 33.2. The highest BCUT2D eigenvalue weighted by Gasteiger charge is 2.58. The molecule has 1 aromatic rings. The molecule has 1 N–H and O–H groups in total. The molecule has 2 amide bonds. The van der Waals surface area contributed by atoms with Crippen molar-refractivity contribution in [3.8, 4) is 0 Å². The van der Waals surface area contributed by atoms with Crippen molar-refractivity contribution >= 4 is 40.9 Å². The van der Waals surface area contributed by atoms with Crippen molar-refractivity contribution in [3.63, 3.8) is 0 Å². The van der Waals surface area contributed by atoms with Crippen molar-refractivity contribution in [1.82, 2.24) is 14.7 Å². The van der Waals surface area contributed by atoms with Crippen molar-refractivity contribution in [2.45, 2.75) is 45.3 Å². The van der Waals surface area contributed by atoms with E-state index < -0.39 is 29.6 Å². The lowest BCUT2D eigenvalue weighted by Gasteiger charge is -2.56. The van der Waals surface area contributed by atoms with Gasteiger partial charge >= 0.3 is 12.3 Å². The molecule has 1 atom stereocenters. The molecule has 2 fully saturated rings. The molecule has 0 saturated carbocycles. The Morgan fingerprint density at radius 2 is 1.64 bits per heavy atom. The van der Waals surface area contributed by atoms with Crippen LogP contribution in [-0.4, -0.2) is 95.9 Å². The molecule has 2 heterocycles. The van der Waals surface area contributed by atoms with Gasteiger partial charge in [0.2, 0.25) is 0 Å². The first-order chi connectivity index (χ1) is 16.7. The molecule has 2 aliphatic rings. The Morgan fingerprint density at radius 3 is 2.17 bits per heavy atom. The lowest BCUT2D eigenvalue weighted by Crippen LogP contribution is -2.75. The van der Waals surface area contributed by atoms with Crippen LogP contribution < -0.4 is 4.90 Å². The van der Waals surface area contributed by atoms with Crippen molar-refractivity contribution < 1.29 is 27.9 Å². The van der Waals surface area contributed by atoms with Crippen LogP contribution in [0, 0.1) is 5.41 Å². The van der Waals surface area contributed by atoms with Gasteiger partial charge in [0, 0.05) is 57.9 Å². The highest BCUT2D eigenvalue weighted by molar-refractivity contribution is 6.42. The van der Waals surface area contributed by atoms with Crippen LogP contribution in [0.15, 0.2) is 18.2 Å². The van der Waals surface area contributed by atoms with Gasteiger partial charge in [0.1, 0.15) is 5.54 Å². The summed E-state index contributed by atoms with van der Waals surface area (Å²) in [7, 11) is 0. The normalized spacial score (nSPS) is 22.2. The van der Waals surface area contributed by atoms with Crippen LogP contribution in [-0.2, 0) is 4.79 Å². The van der Waals surface area contributed by atoms with E-state index in [0.717, 1.165) is 5.69 Å². The molecule has 2 saturated heterocycles. The second kappa shape index (κ2) is 10.8. The molecule has 0 radical (unpaired) electrons. The third-order valence-electron chi connectivity index (χ3n) is 7.15. The van der Waals surface area contributed by atoms with E-state index in [1.165, 1.54) is 4.90 Å². The van der Waals surface area contributed by atoms with Gasteiger partial charge in [-0.25, -0.2) is 4.79 Å². The van der Waals surface area contributed by atoms with Gasteiger partial charge in [-0.3, -0.25) is 14.6 Å². The number of anilines is 1. The van der Waals surface area contributed by atoms with Gasteiger partial charge in [-0.05, 0) is 36.6 Å². The number of benzene rings is 1. The maximum atomic E-state index is 14.1. The van der Waals surface area contributed by atoms with Gasteiger partial charge in [0.15, 0.2) is 0 Å². The van der Waals surface area contributed by atoms with Crippen LogP contribution >= 0.6 is 23.2 Å². The second-order valence-corrected chi connectivity index (χ2v) is 11.2. The predicted molar refractivity (Wildman–Crippen MR) is 134 cm³/mol. The van der Waals surface area contributed by atoms with E-state index in [1.54, 1.807) is 21.9 Å². The number of nitrogens with zero attached hydrogens (tertiary/aromatic N) is 4. The van der Waals surface area contributed by atoms with Gasteiger partial charge < -0.3 is 14.9 Å². The number of alkyl halides is 3. The van der Waals surface area contributed by atoms with Gasteiger partial charge in [0.25, 0.3) is 5.91 Å². The lowest BCUT2D eigenvalue weighted by atomic mass is 9.69. The third kappa shape index (κ3) is 6.14. The summed E-state index contributed by atoms with van der Waals surface area (Å²) in [6, 6.07) is 5.34. The monoisotopic (exact) mass is 552 g/mol. The zero-order valence-corrected chi connectivity index (χ0v) is 22.3. The molecule has 12 heteroatoms. The van der Waals surface area contributed by atoms with Crippen molar-refractivity contribution in [2.24, 2.45) is 5.41 Å². The summed E-state index contributed by atoms with van der Waals surface area (Å²) >= 11 is 12.2. The highest BCUT2D eigenvalue weighted by atomic mass is 35.5. The Balaban J connectivity index is 1.81. The maximum absolute atomic E-state index is 14.1. The fourth-order valence-electron chi connectivity index (χ4n) is 5.13. The number of carbonyl (C=O) groups is 2. The fraction of sp³-hybridized carbons (Fsp3) is 0.667. The zero-order valence-electron chi connectivity index (χ0n) is 20.7. The van der Waals surface area contributed by atoms with E-state index in [2.05, 4.69) is 4.90 Å². The van der Waals surface area contributed by atoms with Crippen LogP contribution in [0.3, 0.4) is 0 Å². The summed E-state index contributed by atoms with van der Waals surface area (Å²) in [5.74, 6) is -0.313. The molecule has 0 bridgehead atoms. The van der Waals surface area contributed by atoms with E-state index in [9.17, 15) is 27.9 Å². The largest absolute Gasteiger partial charge is 0.465 e. The summed E-state index contributed by atoms with van der Waals surface area (Å²) in [6.45, 7) is 7.74. The van der Waals surface area contributed by atoms with Gasteiger partial charge in [-0.1, -0.05) is 44.0 Å². The number of rotatable bonds is 5. The minimum Gasteiger partial charge on any atom is -0.465 e. The molecule has 0 unspecified atom stereocenters. The Bertz CT molecular complexity index is 965.